The first-order chi connectivity index (χ1) is 27.9. The Morgan fingerprint density at radius 1 is 0.603 bits per heavy atom. The first-order valence-corrected chi connectivity index (χ1v) is 21.2. The largest absolute Gasteiger partial charge is 0.460 e. The van der Waals surface area contributed by atoms with E-state index in [1.165, 1.54) is 38.5 Å². The molecule has 13 heteroatoms. The average Bonchev–Trinajstić information content (AvgIpc) is 4.15. The maximum Gasteiger partial charge on any atom is 0.306 e. The summed E-state index contributed by atoms with van der Waals surface area (Å²) in [6.45, 7) is 6.63. The van der Waals surface area contributed by atoms with E-state index < -0.39 is 5.60 Å². The van der Waals surface area contributed by atoms with Gasteiger partial charge in [-0.3, -0.25) is 4.79 Å². The summed E-state index contributed by atoms with van der Waals surface area (Å²) < 4.78 is 11.1. The minimum Gasteiger partial charge on any atom is -0.460 e. The van der Waals surface area contributed by atoms with Crippen LogP contribution >= 0.6 is 34.8 Å². The summed E-state index contributed by atoms with van der Waals surface area (Å²) in [5, 5.41) is 16.1. The van der Waals surface area contributed by atoms with Crippen LogP contribution in [-0.4, -0.2) is 40.9 Å². The lowest BCUT2D eigenvalue weighted by Gasteiger charge is -2.19. The van der Waals surface area contributed by atoms with Crippen molar-refractivity contribution in [3.8, 4) is 17.1 Å². The fourth-order valence-corrected chi connectivity index (χ4v) is 7.20. The van der Waals surface area contributed by atoms with Gasteiger partial charge in [0.2, 0.25) is 0 Å². The number of rotatable bonds is 11. The van der Waals surface area contributed by atoms with Gasteiger partial charge < -0.3 is 16.2 Å². The zero-order chi connectivity index (χ0) is 41.0. The van der Waals surface area contributed by atoms with Crippen molar-refractivity contribution < 1.29 is 9.53 Å². The van der Waals surface area contributed by atoms with E-state index in [1.54, 1.807) is 0 Å². The number of carbonyl (C=O) groups is 1. The highest BCUT2D eigenvalue weighted by atomic mass is 35.5. The fraction of sp³-hybridized carbons (Fsp3) is 0.378. The van der Waals surface area contributed by atoms with E-state index in [2.05, 4.69) is 28.4 Å². The Morgan fingerprint density at radius 2 is 0.948 bits per heavy atom. The van der Waals surface area contributed by atoms with Crippen LogP contribution in [0.15, 0.2) is 91.0 Å². The minimum absolute atomic E-state index is 0.186. The highest BCUT2D eigenvalue weighted by Crippen LogP contribution is 2.41. The van der Waals surface area contributed by atoms with Crippen molar-refractivity contribution in [2.45, 2.75) is 109 Å². The normalized spacial score (nSPS) is 15.0. The number of nitrogens with zero attached hydrogens (tertiary/aromatic N) is 6. The molecule has 0 radical (unpaired) electrons. The number of ether oxygens (including phenoxy) is 1. The van der Waals surface area contributed by atoms with E-state index in [0.717, 1.165) is 51.2 Å². The van der Waals surface area contributed by atoms with Gasteiger partial charge in [0, 0.05) is 58.0 Å². The summed E-state index contributed by atoms with van der Waals surface area (Å²) >= 11 is 18.1. The number of hydrogen-bond donors (Lipinski definition) is 2. The molecule has 3 aliphatic carbocycles. The Labute approximate surface area is 355 Å². The van der Waals surface area contributed by atoms with E-state index in [-0.39, 0.29) is 5.97 Å². The van der Waals surface area contributed by atoms with Crippen molar-refractivity contribution in [1.29, 1.82) is 0 Å². The summed E-state index contributed by atoms with van der Waals surface area (Å²) in [7, 11) is 0. The van der Waals surface area contributed by atoms with Crippen LogP contribution in [0, 0.1) is 0 Å². The molecule has 3 aromatic carbocycles. The van der Waals surface area contributed by atoms with E-state index >= 15 is 0 Å². The van der Waals surface area contributed by atoms with Crippen LogP contribution in [0.25, 0.3) is 17.1 Å². The molecule has 58 heavy (non-hydrogen) atoms. The van der Waals surface area contributed by atoms with Gasteiger partial charge in [-0.1, -0.05) is 53.0 Å². The van der Waals surface area contributed by atoms with Gasteiger partial charge in [0.25, 0.3) is 0 Å². The molecule has 3 heterocycles. The smallest absolute Gasteiger partial charge is 0.306 e. The molecular weight excluding hydrogens is 791 g/mol. The third-order valence-corrected chi connectivity index (χ3v) is 10.7. The summed E-state index contributed by atoms with van der Waals surface area (Å²) in [5.41, 5.74) is 20.5. The molecule has 0 atom stereocenters. The minimum atomic E-state index is -0.455. The molecule has 0 saturated heterocycles. The number of aryl methyl sites for hydroxylation is 1. The molecule has 0 bridgehead atoms. The molecule has 3 fully saturated rings. The third kappa shape index (κ3) is 11.2. The van der Waals surface area contributed by atoms with Crippen LogP contribution in [0.4, 0.5) is 0 Å². The number of carbonyl (C=O) groups excluding carboxylic acids is 1. The number of aromatic nitrogens is 6. The van der Waals surface area contributed by atoms with E-state index in [1.807, 2.05) is 108 Å². The van der Waals surface area contributed by atoms with E-state index in [4.69, 9.17) is 56.1 Å². The molecule has 6 aromatic rings. The van der Waals surface area contributed by atoms with Crippen LogP contribution in [0.5, 0.6) is 0 Å². The highest BCUT2D eigenvalue weighted by molar-refractivity contribution is 6.31. The molecule has 3 aliphatic rings. The third-order valence-electron chi connectivity index (χ3n) is 9.97. The lowest BCUT2D eigenvalue weighted by molar-refractivity contribution is -0.154. The van der Waals surface area contributed by atoms with Crippen LogP contribution < -0.4 is 11.5 Å². The number of hydrogen-bond acceptors (Lipinski definition) is 7. The Kier molecular flexibility index (Phi) is 13.1. The molecule has 0 unspecified atom stereocenters. The maximum absolute atomic E-state index is 12.0. The van der Waals surface area contributed by atoms with Gasteiger partial charge in [0.15, 0.2) is 0 Å². The lowest BCUT2D eigenvalue weighted by atomic mass is 10.1. The summed E-state index contributed by atoms with van der Waals surface area (Å²) in [6.07, 6.45) is 8.31. The molecule has 304 valence electrons. The van der Waals surface area contributed by atoms with Gasteiger partial charge in [-0.25, -0.2) is 14.0 Å². The lowest BCUT2D eigenvalue weighted by Crippen LogP contribution is -2.24. The molecule has 9 rings (SSSR count). The molecule has 0 amide bonds. The quantitative estimate of drug-likeness (QED) is 0.124. The van der Waals surface area contributed by atoms with Gasteiger partial charge in [-0.2, -0.15) is 15.3 Å². The van der Waals surface area contributed by atoms with Crippen molar-refractivity contribution in [2.75, 3.05) is 0 Å². The standard InChI is InChI=1S/C19H23ClN2O2.2C13H14ClN3/c1-19(2,3)24-18(23)10-9-16-12-17(13-7-8-13)21-22(16)15-6-4-5-14(20)11-15;2*14-10-2-1-3-11(6-10)17-12(8-15)7-13(16-17)9-4-5-9/h4-6,11-13H,7-10H2,1-3H3;2*1-3,6-7,9H,4-5,8,15H2. The zero-order valence-corrected chi connectivity index (χ0v) is 35.5. The molecular formula is C45H51Cl3N8O2. The second-order valence-electron chi connectivity index (χ2n) is 16.2. The summed E-state index contributed by atoms with van der Waals surface area (Å²) in [4.78, 5) is 12.0. The van der Waals surface area contributed by atoms with Crippen LogP contribution in [0.2, 0.25) is 15.1 Å². The number of benzene rings is 3. The number of esters is 1. The van der Waals surface area contributed by atoms with Crippen LogP contribution in [-0.2, 0) is 29.0 Å². The molecule has 0 spiro atoms. The molecule has 4 N–H and O–H groups in total. The predicted molar refractivity (Wildman–Crippen MR) is 232 cm³/mol. The summed E-state index contributed by atoms with van der Waals surface area (Å²) in [6, 6.07) is 29.3. The van der Waals surface area contributed by atoms with Gasteiger partial charge in [-0.15, -0.1) is 0 Å². The molecule has 3 saturated carbocycles. The maximum atomic E-state index is 12.0. The van der Waals surface area contributed by atoms with Crippen molar-refractivity contribution in [3.05, 3.63) is 140 Å². The van der Waals surface area contributed by atoms with Gasteiger partial charge in [0.1, 0.15) is 5.60 Å². The first-order valence-electron chi connectivity index (χ1n) is 20.0. The second kappa shape index (κ2) is 18.2. The van der Waals surface area contributed by atoms with Gasteiger partial charge in [0.05, 0.1) is 52.0 Å². The SMILES string of the molecule is CC(C)(C)OC(=O)CCc1cc(C2CC2)nn1-c1cccc(Cl)c1.NCc1cc(C2CC2)nn1-c1cccc(Cl)c1.NCc1cc(C2CC2)nn1-c1cccc(Cl)c1. The second-order valence-corrected chi connectivity index (χ2v) is 17.5. The van der Waals surface area contributed by atoms with Gasteiger partial charge >= 0.3 is 5.97 Å². The van der Waals surface area contributed by atoms with E-state index in [0.29, 0.717) is 58.8 Å². The Morgan fingerprint density at radius 3 is 1.26 bits per heavy atom. The van der Waals surface area contributed by atoms with Crippen molar-refractivity contribution in [1.82, 2.24) is 29.3 Å². The zero-order valence-electron chi connectivity index (χ0n) is 33.3. The van der Waals surface area contributed by atoms with Crippen LogP contribution in [0.1, 0.15) is 118 Å². The fourth-order valence-electron chi connectivity index (χ4n) is 6.64. The monoisotopic (exact) mass is 840 g/mol. The molecule has 0 aliphatic heterocycles. The van der Waals surface area contributed by atoms with Crippen molar-refractivity contribution in [2.24, 2.45) is 11.5 Å². The average molecular weight is 842 g/mol. The Hall–Kier alpha value is -4.45. The van der Waals surface area contributed by atoms with Crippen molar-refractivity contribution >= 4 is 40.8 Å². The Bertz CT molecular complexity index is 2250. The Balaban J connectivity index is 0.000000135. The highest BCUT2D eigenvalue weighted by Gasteiger charge is 2.29. The van der Waals surface area contributed by atoms with Gasteiger partial charge in [-0.05, 0) is 132 Å². The predicted octanol–water partition coefficient (Wildman–Crippen LogP) is 10.4. The van der Waals surface area contributed by atoms with Crippen molar-refractivity contribution in [3.63, 3.8) is 0 Å². The first kappa shape index (κ1) is 41.7. The number of halogens is 3. The van der Waals surface area contributed by atoms with Crippen LogP contribution in [0.3, 0.4) is 0 Å². The molecule has 10 nitrogen and oxygen atoms in total. The van der Waals surface area contributed by atoms with E-state index in [9.17, 15) is 4.79 Å². The number of nitrogens with two attached hydrogens (primary N) is 2. The topological polar surface area (TPSA) is 132 Å². The molecule has 3 aromatic heterocycles. The summed E-state index contributed by atoms with van der Waals surface area (Å²) in [5.74, 6) is 1.65.